The van der Waals surface area contributed by atoms with Crippen molar-refractivity contribution in [1.29, 1.82) is 0 Å². The zero-order valence-corrected chi connectivity index (χ0v) is 43.4. The molecule has 0 aliphatic rings. The Morgan fingerprint density at radius 1 is 0.470 bits per heavy atom. The molecule has 8 heteroatoms. The van der Waals surface area contributed by atoms with Crippen molar-refractivity contribution in [2.45, 2.75) is 238 Å². The molecule has 0 radical (unpaired) electrons. The van der Waals surface area contributed by atoms with E-state index in [9.17, 15) is 19.5 Å². The molecule has 0 aromatic carbocycles. The lowest BCUT2D eigenvalue weighted by molar-refractivity contribution is -0.887. The van der Waals surface area contributed by atoms with Crippen molar-refractivity contribution < 1.29 is 38.2 Å². The third-order valence-corrected chi connectivity index (χ3v) is 11.8. The van der Waals surface area contributed by atoms with E-state index in [4.69, 9.17) is 14.2 Å². The number of esters is 2. The van der Waals surface area contributed by atoms with Gasteiger partial charge in [-0.25, -0.2) is 4.79 Å². The fraction of sp³-hybridized carbons (Fsp3) is 0.741. The summed E-state index contributed by atoms with van der Waals surface area (Å²) >= 11 is 0. The number of carboxylic acid groups (broad SMARTS) is 1. The molecule has 0 aliphatic heterocycles. The SMILES string of the molecule is CC/C=C\C/C=C\C/C=C\C/C=C\CCCCCCCCC(=O)OC(COCCC(C(=O)O)[N+](C)(C)C)COC(=O)CCCCCCCCCCCCC/C=C\C/C=C\CCCCCCC. The Hall–Kier alpha value is -3.23. The maximum Gasteiger partial charge on any atom is 0.362 e. The summed E-state index contributed by atoms with van der Waals surface area (Å²) in [4.78, 5) is 37.2. The molecule has 0 aliphatic carbocycles. The summed E-state index contributed by atoms with van der Waals surface area (Å²) in [6.07, 6.45) is 62.4. The molecule has 2 atom stereocenters. The van der Waals surface area contributed by atoms with Gasteiger partial charge < -0.3 is 23.8 Å². The van der Waals surface area contributed by atoms with E-state index in [1.807, 2.05) is 21.1 Å². The highest BCUT2D eigenvalue weighted by Gasteiger charge is 2.31. The molecule has 0 saturated heterocycles. The normalized spacial score (nSPS) is 13.4. The lowest BCUT2D eigenvalue weighted by Gasteiger charge is -2.31. The number of hydrogen-bond acceptors (Lipinski definition) is 6. The van der Waals surface area contributed by atoms with Crippen LogP contribution >= 0.6 is 0 Å². The van der Waals surface area contributed by atoms with Crippen LogP contribution in [0.3, 0.4) is 0 Å². The van der Waals surface area contributed by atoms with Gasteiger partial charge in [-0.2, -0.15) is 0 Å². The minimum atomic E-state index is -0.879. The topological polar surface area (TPSA) is 99.1 Å². The molecule has 1 N–H and O–H groups in total. The molecular formula is C58H102NO7+. The van der Waals surface area contributed by atoms with Gasteiger partial charge in [-0.3, -0.25) is 9.59 Å². The zero-order chi connectivity index (χ0) is 48.4. The molecular weight excluding hydrogens is 823 g/mol. The van der Waals surface area contributed by atoms with Gasteiger partial charge in [0.1, 0.15) is 6.61 Å². The van der Waals surface area contributed by atoms with Crippen molar-refractivity contribution in [3.05, 3.63) is 72.9 Å². The van der Waals surface area contributed by atoms with Crippen molar-refractivity contribution >= 4 is 17.9 Å². The standard InChI is InChI=1S/C58H101NO7/c1-6-8-10-12-14-16-18-20-22-24-26-27-28-29-31-32-34-36-38-40-42-44-46-48-56(60)65-53-54(52-64-51-50-55(58(62)63)59(3,4)5)66-57(61)49-47-45-43-41-39-37-35-33-30-25-23-21-19-17-15-13-11-9-7-2/h9,11,15,17-18,20-21,23-24,26,30,33,54-55H,6-8,10,12-14,16,19,22,25,27-29,31-32,34-53H2,1-5H3/p+1/b11-9-,17-15-,20-18-,23-21-,26-24-,33-30-. The Morgan fingerprint density at radius 2 is 0.848 bits per heavy atom. The summed E-state index contributed by atoms with van der Waals surface area (Å²) < 4.78 is 17.4. The minimum Gasteiger partial charge on any atom is -0.477 e. The van der Waals surface area contributed by atoms with Crippen molar-refractivity contribution in [1.82, 2.24) is 0 Å². The molecule has 66 heavy (non-hydrogen) atoms. The van der Waals surface area contributed by atoms with Crippen LogP contribution in [-0.2, 0) is 28.6 Å². The number of likely N-dealkylation sites (N-methyl/N-ethyl adjacent to an activating group) is 1. The minimum absolute atomic E-state index is 0.0522. The van der Waals surface area contributed by atoms with Gasteiger partial charge in [-0.15, -0.1) is 0 Å². The first-order chi connectivity index (χ1) is 32.1. The van der Waals surface area contributed by atoms with Crippen LogP contribution < -0.4 is 0 Å². The number of hydrogen-bond donors (Lipinski definition) is 1. The van der Waals surface area contributed by atoms with E-state index in [1.54, 1.807) is 0 Å². The van der Waals surface area contributed by atoms with Crippen LogP contribution in [0.1, 0.15) is 226 Å². The molecule has 0 amide bonds. The maximum absolute atomic E-state index is 12.8. The second-order valence-electron chi connectivity index (χ2n) is 19.1. The van der Waals surface area contributed by atoms with Gasteiger partial charge in [0, 0.05) is 19.3 Å². The number of aliphatic carboxylic acids is 1. The predicted octanol–water partition coefficient (Wildman–Crippen LogP) is 15.9. The van der Waals surface area contributed by atoms with Crippen molar-refractivity contribution in [2.24, 2.45) is 0 Å². The summed E-state index contributed by atoms with van der Waals surface area (Å²) in [5.41, 5.74) is 0. The first-order valence-electron chi connectivity index (χ1n) is 27.0. The molecule has 2 unspecified atom stereocenters. The van der Waals surface area contributed by atoms with Crippen LogP contribution in [-0.4, -0.2) is 80.6 Å². The molecule has 8 nitrogen and oxygen atoms in total. The molecule has 0 rings (SSSR count). The third kappa shape index (κ3) is 45.9. The molecule has 0 heterocycles. The average molecular weight is 925 g/mol. The summed E-state index contributed by atoms with van der Waals surface area (Å²) in [5.74, 6) is -1.49. The van der Waals surface area contributed by atoms with Gasteiger partial charge in [0.05, 0.1) is 34.4 Å². The second-order valence-corrected chi connectivity index (χ2v) is 19.1. The second kappa shape index (κ2) is 48.2. The maximum atomic E-state index is 12.8. The Balaban J connectivity index is 4.23. The van der Waals surface area contributed by atoms with Gasteiger partial charge >= 0.3 is 17.9 Å². The molecule has 0 aromatic rings. The Labute approximate surface area is 406 Å². The summed E-state index contributed by atoms with van der Waals surface area (Å²) in [5, 5.41) is 9.66. The number of carboxylic acids is 1. The van der Waals surface area contributed by atoms with E-state index in [2.05, 4.69) is 86.8 Å². The quantitative estimate of drug-likeness (QED) is 0.0281. The average Bonchev–Trinajstić information content (AvgIpc) is 3.28. The fourth-order valence-corrected chi connectivity index (χ4v) is 7.70. The van der Waals surface area contributed by atoms with Crippen molar-refractivity contribution in [3.8, 4) is 0 Å². The van der Waals surface area contributed by atoms with Gasteiger partial charge in [0.2, 0.25) is 0 Å². The summed E-state index contributed by atoms with van der Waals surface area (Å²) in [6, 6.07) is -0.622. The number of carbonyl (C=O) groups is 3. The lowest BCUT2D eigenvalue weighted by Crippen LogP contribution is -2.50. The highest BCUT2D eigenvalue weighted by Crippen LogP contribution is 2.15. The van der Waals surface area contributed by atoms with Gasteiger partial charge in [-0.05, 0) is 83.5 Å². The van der Waals surface area contributed by atoms with Crippen LogP contribution in [0, 0.1) is 0 Å². The molecule has 0 spiro atoms. The smallest absolute Gasteiger partial charge is 0.362 e. The zero-order valence-electron chi connectivity index (χ0n) is 43.4. The summed E-state index contributed by atoms with van der Waals surface area (Å²) in [6.45, 7) is 4.61. The van der Waals surface area contributed by atoms with Crippen LogP contribution in [0.4, 0.5) is 0 Å². The van der Waals surface area contributed by atoms with E-state index in [0.717, 1.165) is 83.5 Å². The predicted molar refractivity (Wildman–Crippen MR) is 280 cm³/mol. The Morgan fingerprint density at radius 3 is 1.26 bits per heavy atom. The Bertz CT molecular complexity index is 1310. The van der Waals surface area contributed by atoms with E-state index < -0.39 is 18.1 Å². The largest absolute Gasteiger partial charge is 0.477 e. The number of allylic oxidation sites excluding steroid dienone is 12. The van der Waals surface area contributed by atoms with Crippen LogP contribution in [0.5, 0.6) is 0 Å². The number of quaternary nitrogens is 1. The van der Waals surface area contributed by atoms with Crippen molar-refractivity contribution in [2.75, 3.05) is 41.0 Å². The van der Waals surface area contributed by atoms with Crippen LogP contribution in [0.25, 0.3) is 0 Å². The van der Waals surface area contributed by atoms with E-state index in [-0.39, 0.29) is 36.2 Å². The number of nitrogens with zero attached hydrogens (tertiary/aromatic N) is 1. The molecule has 0 aromatic heterocycles. The molecule has 0 saturated carbocycles. The summed E-state index contributed by atoms with van der Waals surface area (Å²) in [7, 11) is 5.53. The first kappa shape index (κ1) is 62.8. The van der Waals surface area contributed by atoms with Gasteiger partial charge in [-0.1, -0.05) is 196 Å². The van der Waals surface area contributed by atoms with Crippen molar-refractivity contribution in [3.63, 3.8) is 0 Å². The number of ether oxygens (including phenoxy) is 3. The molecule has 0 fully saturated rings. The molecule has 0 bridgehead atoms. The fourth-order valence-electron chi connectivity index (χ4n) is 7.70. The number of carbonyl (C=O) groups excluding carboxylic acids is 2. The monoisotopic (exact) mass is 925 g/mol. The highest BCUT2D eigenvalue weighted by molar-refractivity contribution is 5.72. The first-order valence-corrected chi connectivity index (χ1v) is 27.0. The van der Waals surface area contributed by atoms with E-state index in [1.165, 1.54) is 109 Å². The molecule has 380 valence electrons. The third-order valence-electron chi connectivity index (χ3n) is 11.8. The van der Waals surface area contributed by atoms with Gasteiger partial charge in [0.25, 0.3) is 0 Å². The highest BCUT2D eigenvalue weighted by atomic mass is 16.6. The number of unbranched alkanes of at least 4 members (excludes halogenated alkanes) is 22. The number of rotatable bonds is 48. The van der Waals surface area contributed by atoms with Crippen LogP contribution in [0.15, 0.2) is 72.9 Å². The Kier molecular flexibility index (Phi) is 45.9. The van der Waals surface area contributed by atoms with E-state index in [0.29, 0.717) is 19.3 Å². The van der Waals surface area contributed by atoms with Crippen LogP contribution in [0.2, 0.25) is 0 Å². The van der Waals surface area contributed by atoms with Gasteiger partial charge in [0.15, 0.2) is 12.1 Å². The lowest BCUT2D eigenvalue weighted by atomic mass is 10.0. The van der Waals surface area contributed by atoms with E-state index >= 15 is 0 Å².